The number of hydrogen-bond acceptors (Lipinski definition) is 3. The van der Waals surface area contributed by atoms with Crippen molar-refractivity contribution in [3.05, 3.63) is 53.9 Å². The monoisotopic (exact) mass is 297 g/mol. The summed E-state index contributed by atoms with van der Waals surface area (Å²) in [6.07, 6.45) is 1.64. The highest BCUT2D eigenvalue weighted by molar-refractivity contribution is 5.93. The van der Waals surface area contributed by atoms with Gasteiger partial charge in [-0.25, -0.2) is 0 Å². The van der Waals surface area contributed by atoms with E-state index in [0.717, 1.165) is 11.4 Å². The van der Waals surface area contributed by atoms with Crippen LogP contribution in [0.15, 0.2) is 42.6 Å². The van der Waals surface area contributed by atoms with Gasteiger partial charge in [0.05, 0.1) is 0 Å². The minimum atomic E-state index is -0.159. The molecule has 1 aromatic heterocycles. The zero-order chi connectivity index (χ0) is 16.1. The van der Waals surface area contributed by atoms with Crippen molar-refractivity contribution in [2.75, 3.05) is 5.32 Å². The number of rotatable bonds is 5. The van der Waals surface area contributed by atoms with Crippen LogP contribution >= 0.6 is 0 Å². The van der Waals surface area contributed by atoms with Crippen LogP contribution in [0.3, 0.4) is 0 Å². The van der Waals surface area contributed by atoms with Crippen LogP contribution in [-0.2, 0) is 0 Å². The first-order chi connectivity index (χ1) is 10.5. The van der Waals surface area contributed by atoms with Gasteiger partial charge in [-0.2, -0.15) is 0 Å². The van der Waals surface area contributed by atoms with Gasteiger partial charge in [-0.1, -0.05) is 26.0 Å². The molecule has 2 aromatic rings. The van der Waals surface area contributed by atoms with Crippen LogP contribution in [0.1, 0.15) is 49.7 Å². The molecule has 0 unspecified atom stereocenters. The number of benzene rings is 1. The first-order valence-corrected chi connectivity index (χ1v) is 7.59. The standard InChI is InChI=1S/C18H23N3O/c1-12(2)14-5-7-15(8-6-14)21-16-9-10-19-17(11-16)18(22)20-13(3)4/h5-13H,1-4H3,(H,19,21)(H,20,22). The lowest BCUT2D eigenvalue weighted by Crippen LogP contribution is -2.30. The van der Waals surface area contributed by atoms with Crippen molar-refractivity contribution < 1.29 is 4.79 Å². The molecule has 0 spiro atoms. The third-order valence-corrected chi connectivity index (χ3v) is 3.28. The summed E-state index contributed by atoms with van der Waals surface area (Å²) in [4.78, 5) is 16.1. The Labute approximate surface area is 132 Å². The largest absolute Gasteiger partial charge is 0.355 e. The van der Waals surface area contributed by atoms with Crippen LogP contribution < -0.4 is 10.6 Å². The van der Waals surface area contributed by atoms with Crippen molar-refractivity contribution in [1.29, 1.82) is 0 Å². The van der Waals surface area contributed by atoms with Crippen LogP contribution in [-0.4, -0.2) is 16.9 Å². The average Bonchev–Trinajstić information content (AvgIpc) is 2.47. The lowest BCUT2D eigenvalue weighted by molar-refractivity contribution is 0.0938. The third-order valence-electron chi connectivity index (χ3n) is 3.28. The molecule has 1 aromatic carbocycles. The van der Waals surface area contributed by atoms with E-state index in [9.17, 15) is 4.79 Å². The van der Waals surface area contributed by atoms with E-state index in [1.54, 1.807) is 12.3 Å². The van der Waals surface area contributed by atoms with Crippen LogP contribution in [0, 0.1) is 0 Å². The van der Waals surface area contributed by atoms with Crippen molar-refractivity contribution in [3.63, 3.8) is 0 Å². The Hall–Kier alpha value is -2.36. The number of carbonyl (C=O) groups is 1. The number of hydrogen-bond donors (Lipinski definition) is 2. The van der Waals surface area contributed by atoms with Gasteiger partial charge in [0.1, 0.15) is 5.69 Å². The summed E-state index contributed by atoms with van der Waals surface area (Å²) >= 11 is 0. The molecule has 0 aliphatic heterocycles. The fraction of sp³-hybridized carbons (Fsp3) is 0.333. The molecular formula is C18H23N3O. The summed E-state index contributed by atoms with van der Waals surface area (Å²) in [6.45, 7) is 8.20. The van der Waals surface area contributed by atoms with E-state index in [0.29, 0.717) is 11.6 Å². The van der Waals surface area contributed by atoms with Gasteiger partial charge >= 0.3 is 0 Å². The molecule has 0 saturated heterocycles. The van der Waals surface area contributed by atoms with E-state index >= 15 is 0 Å². The van der Waals surface area contributed by atoms with Gasteiger partial charge in [-0.3, -0.25) is 9.78 Å². The molecule has 4 heteroatoms. The van der Waals surface area contributed by atoms with E-state index < -0.39 is 0 Å². The Balaban J connectivity index is 2.11. The normalized spacial score (nSPS) is 10.8. The fourth-order valence-corrected chi connectivity index (χ4v) is 2.09. The Morgan fingerprint density at radius 2 is 1.68 bits per heavy atom. The number of carbonyl (C=O) groups excluding carboxylic acids is 1. The average molecular weight is 297 g/mol. The smallest absolute Gasteiger partial charge is 0.270 e. The second-order valence-corrected chi connectivity index (χ2v) is 5.96. The van der Waals surface area contributed by atoms with Crippen molar-refractivity contribution in [2.45, 2.75) is 39.7 Å². The number of nitrogens with zero attached hydrogens (tertiary/aromatic N) is 1. The Bertz CT molecular complexity index is 633. The molecule has 1 heterocycles. The predicted molar refractivity (Wildman–Crippen MR) is 90.7 cm³/mol. The fourth-order valence-electron chi connectivity index (χ4n) is 2.09. The van der Waals surface area contributed by atoms with Crippen molar-refractivity contribution in [2.24, 2.45) is 0 Å². The number of anilines is 2. The SMILES string of the molecule is CC(C)NC(=O)c1cc(Nc2ccc(C(C)C)cc2)ccn1. The summed E-state index contributed by atoms with van der Waals surface area (Å²) < 4.78 is 0. The molecule has 0 radical (unpaired) electrons. The number of pyridine rings is 1. The van der Waals surface area contributed by atoms with Crippen molar-refractivity contribution in [3.8, 4) is 0 Å². The van der Waals surface area contributed by atoms with Gasteiger partial charge in [-0.15, -0.1) is 0 Å². The quantitative estimate of drug-likeness (QED) is 0.874. The third kappa shape index (κ3) is 4.32. The molecule has 2 N–H and O–H groups in total. The molecule has 0 fully saturated rings. The van der Waals surface area contributed by atoms with Crippen LogP contribution in [0.25, 0.3) is 0 Å². The summed E-state index contributed by atoms with van der Waals surface area (Å²) in [6, 6.07) is 12.0. The maximum Gasteiger partial charge on any atom is 0.270 e. The predicted octanol–water partition coefficient (Wildman–Crippen LogP) is 4.09. The first kappa shape index (κ1) is 16.0. The van der Waals surface area contributed by atoms with E-state index in [2.05, 4.69) is 41.6 Å². The maximum atomic E-state index is 12.0. The van der Waals surface area contributed by atoms with Gasteiger partial charge < -0.3 is 10.6 Å². The van der Waals surface area contributed by atoms with Crippen LogP contribution in [0.4, 0.5) is 11.4 Å². The highest BCUT2D eigenvalue weighted by Crippen LogP contribution is 2.20. The molecule has 0 aliphatic rings. The minimum absolute atomic E-state index is 0.0921. The van der Waals surface area contributed by atoms with E-state index in [-0.39, 0.29) is 11.9 Å². The maximum absolute atomic E-state index is 12.0. The van der Waals surface area contributed by atoms with Gasteiger partial charge in [-0.05, 0) is 49.6 Å². The van der Waals surface area contributed by atoms with E-state index in [1.165, 1.54) is 5.56 Å². The highest BCUT2D eigenvalue weighted by Gasteiger charge is 2.09. The lowest BCUT2D eigenvalue weighted by Gasteiger charge is -2.11. The number of nitrogens with one attached hydrogen (secondary N) is 2. The van der Waals surface area contributed by atoms with Gasteiger partial charge in [0.2, 0.25) is 0 Å². The van der Waals surface area contributed by atoms with Gasteiger partial charge in [0.25, 0.3) is 5.91 Å². The number of aromatic nitrogens is 1. The molecule has 116 valence electrons. The zero-order valence-corrected chi connectivity index (χ0v) is 13.6. The molecular weight excluding hydrogens is 274 g/mol. The molecule has 0 bridgehead atoms. The molecule has 0 atom stereocenters. The molecule has 1 amide bonds. The molecule has 0 saturated carbocycles. The summed E-state index contributed by atoms with van der Waals surface area (Å²) in [5, 5.41) is 6.14. The van der Waals surface area contributed by atoms with E-state index in [4.69, 9.17) is 0 Å². The Kier molecular flexibility index (Phi) is 5.15. The molecule has 0 aliphatic carbocycles. The van der Waals surface area contributed by atoms with Gasteiger partial charge in [0, 0.05) is 23.6 Å². The first-order valence-electron chi connectivity index (χ1n) is 7.59. The molecule has 2 rings (SSSR count). The van der Waals surface area contributed by atoms with Crippen LogP contribution in [0.5, 0.6) is 0 Å². The second kappa shape index (κ2) is 7.07. The van der Waals surface area contributed by atoms with Crippen LogP contribution in [0.2, 0.25) is 0 Å². The highest BCUT2D eigenvalue weighted by atomic mass is 16.1. The Morgan fingerprint density at radius 3 is 2.27 bits per heavy atom. The second-order valence-electron chi connectivity index (χ2n) is 5.96. The minimum Gasteiger partial charge on any atom is -0.355 e. The van der Waals surface area contributed by atoms with Gasteiger partial charge in [0.15, 0.2) is 0 Å². The summed E-state index contributed by atoms with van der Waals surface area (Å²) in [5.74, 6) is 0.357. The van der Waals surface area contributed by atoms with Crippen molar-refractivity contribution >= 4 is 17.3 Å². The molecule has 4 nitrogen and oxygen atoms in total. The summed E-state index contributed by atoms with van der Waals surface area (Å²) in [7, 11) is 0. The molecule has 22 heavy (non-hydrogen) atoms. The Morgan fingerprint density at radius 1 is 1.00 bits per heavy atom. The van der Waals surface area contributed by atoms with E-state index in [1.807, 2.05) is 32.0 Å². The zero-order valence-electron chi connectivity index (χ0n) is 13.6. The lowest BCUT2D eigenvalue weighted by atomic mass is 10.0. The number of amides is 1. The van der Waals surface area contributed by atoms with Crippen molar-refractivity contribution in [1.82, 2.24) is 10.3 Å². The topological polar surface area (TPSA) is 54.0 Å². The summed E-state index contributed by atoms with van der Waals surface area (Å²) in [5.41, 5.74) is 3.56.